The van der Waals surface area contributed by atoms with Gasteiger partial charge in [0.25, 0.3) is 0 Å². The molecule has 3 heteroatoms. The van der Waals surface area contributed by atoms with Gasteiger partial charge in [-0.1, -0.05) is 27.7 Å². The normalized spacial score (nSPS) is 22.3. The topological polar surface area (TPSA) is 33.3 Å². The van der Waals surface area contributed by atoms with E-state index < -0.39 is 0 Å². The average molecular weight is 228 g/mol. The van der Waals surface area contributed by atoms with Crippen molar-refractivity contribution >= 4 is 0 Å². The number of methoxy groups -OCH3 is 1. The van der Waals surface area contributed by atoms with E-state index in [0.29, 0.717) is 10.8 Å². The number of rotatable bonds is 8. The van der Waals surface area contributed by atoms with E-state index in [1.165, 1.54) is 0 Å². The highest BCUT2D eigenvalue weighted by atomic mass is 16.5. The average Bonchev–Trinajstić information content (AvgIpc) is 2.58. The van der Waals surface area contributed by atoms with E-state index in [2.05, 4.69) is 38.3 Å². The number of ether oxygens (including phenoxy) is 1. The van der Waals surface area contributed by atoms with Crippen LogP contribution in [0, 0.1) is 16.7 Å². The zero-order valence-electron chi connectivity index (χ0n) is 11.5. The molecular formula is C13H28N2O. The van der Waals surface area contributed by atoms with Gasteiger partial charge >= 0.3 is 0 Å². The summed E-state index contributed by atoms with van der Waals surface area (Å²) in [5.41, 5.74) is 1.01. The van der Waals surface area contributed by atoms with Crippen LogP contribution in [-0.2, 0) is 4.74 Å². The zero-order valence-corrected chi connectivity index (χ0v) is 11.5. The standard InChI is InChI=1S/C13H28N2O/c1-12(2)11(13(12,3)4)10-15-7-6-14-8-9-16-5/h11,14-15H,6-10H2,1-5H3. The second kappa shape index (κ2) is 5.48. The van der Waals surface area contributed by atoms with Crippen molar-refractivity contribution in [2.45, 2.75) is 27.7 Å². The summed E-state index contributed by atoms with van der Waals surface area (Å²) in [5.74, 6) is 0.818. The van der Waals surface area contributed by atoms with Gasteiger partial charge in [-0.2, -0.15) is 0 Å². The van der Waals surface area contributed by atoms with Gasteiger partial charge in [0.15, 0.2) is 0 Å². The summed E-state index contributed by atoms with van der Waals surface area (Å²) in [7, 11) is 1.73. The number of nitrogens with one attached hydrogen (secondary N) is 2. The molecule has 0 aromatic rings. The van der Waals surface area contributed by atoms with Gasteiger partial charge in [-0.15, -0.1) is 0 Å². The first-order valence-electron chi connectivity index (χ1n) is 6.35. The van der Waals surface area contributed by atoms with Crippen LogP contribution in [0.1, 0.15) is 27.7 Å². The first-order chi connectivity index (χ1) is 7.44. The van der Waals surface area contributed by atoms with Crippen molar-refractivity contribution in [3.8, 4) is 0 Å². The number of hydrogen-bond donors (Lipinski definition) is 2. The lowest BCUT2D eigenvalue weighted by Crippen LogP contribution is -2.31. The molecule has 2 N–H and O–H groups in total. The molecule has 96 valence electrons. The predicted molar refractivity (Wildman–Crippen MR) is 68.7 cm³/mol. The molecule has 0 aromatic heterocycles. The molecule has 0 spiro atoms. The molecule has 0 aliphatic heterocycles. The molecule has 0 atom stereocenters. The number of hydrogen-bond acceptors (Lipinski definition) is 3. The fourth-order valence-electron chi connectivity index (χ4n) is 2.57. The molecule has 1 saturated carbocycles. The molecule has 1 rings (SSSR count). The Labute approximate surface area is 100 Å². The Morgan fingerprint density at radius 2 is 1.50 bits per heavy atom. The third-order valence-electron chi connectivity index (χ3n) is 4.63. The van der Waals surface area contributed by atoms with Crippen LogP contribution in [0.25, 0.3) is 0 Å². The maximum Gasteiger partial charge on any atom is 0.0587 e. The summed E-state index contributed by atoms with van der Waals surface area (Å²) in [6.45, 7) is 14.4. The molecule has 1 aliphatic carbocycles. The Morgan fingerprint density at radius 3 is 2.00 bits per heavy atom. The van der Waals surface area contributed by atoms with Crippen LogP contribution in [0.15, 0.2) is 0 Å². The van der Waals surface area contributed by atoms with E-state index in [1.54, 1.807) is 7.11 Å². The van der Waals surface area contributed by atoms with Crippen LogP contribution in [0.3, 0.4) is 0 Å². The molecule has 0 aromatic carbocycles. The summed E-state index contributed by atoms with van der Waals surface area (Å²) in [6.07, 6.45) is 0. The highest BCUT2D eigenvalue weighted by molar-refractivity contribution is 5.12. The van der Waals surface area contributed by atoms with Gasteiger partial charge in [-0.3, -0.25) is 0 Å². The second-order valence-electron chi connectivity index (χ2n) is 5.94. The van der Waals surface area contributed by atoms with E-state index in [4.69, 9.17) is 4.74 Å². The SMILES string of the molecule is COCCNCCNCC1C(C)(C)C1(C)C. The Morgan fingerprint density at radius 1 is 0.938 bits per heavy atom. The van der Waals surface area contributed by atoms with Crippen LogP contribution < -0.4 is 10.6 Å². The van der Waals surface area contributed by atoms with Crippen molar-refractivity contribution in [1.29, 1.82) is 0 Å². The minimum Gasteiger partial charge on any atom is -0.383 e. The molecule has 0 bridgehead atoms. The summed E-state index contributed by atoms with van der Waals surface area (Å²) in [4.78, 5) is 0. The van der Waals surface area contributed by atoms with Crippen LogP contribution in [0.5, 0.6) is 0 Å². The minimum absolute atomic E-state index is 0.503. The third kappa shape index (κ3) is 2.96. The fourth-order valence-corrected chi connectivity index (χ4v) is 2.57. The molecule has 0 saturated heterocycles. The lowest BCUT2D eigenvalue weighted by atomic mass is 10.0. The molecule has 1 fully saturated rings. The zero-order chi connectivity index (χ0) is 12.2. The van der Waals surface area contributed by atoms with Gasteiger partial charge in [0.05, 0.1) is 6.61 Å². The van der Waals surface area contributed by atoms with Gasteiger partial charge < -0.3 is 15.4 Å². The molecule has 0 amide bonds. The Balaban J connectivity index is 1.97. The monoisotopic (exact) mass is 228 g/mol. The van der Waals surface area contributed by atoms with Crippen molar-refractivity contribution in [3.05, 3.63) is 0 Å². The van der Waals surface area contributed by atoms with Crippen molar-refractivity contribution < 1.29 is 4.74 Å². The fraction of sp³-hybridized carbons (Fsp3) is 1.00. The van der Waals surface area contributed by atoms with Crippen LogP contribution >= 0.6 is 0 Å². The maximum atomic E-state index is 4.97. The second-order valence-corrected chi connectivity index (χ2v) is 5.94. The molecule has 16 heavy (non-hydrogen) atoms. The quantitative estimate of drug-likeness (QED) is 0.618. The summed E-state index contributed by atoms with van der Waals surface area (Å²) in [6, 6.07) is 0. The van der Waals surface area contributed by atoms with Gasteiger partial charge in [-0.25, -0.2) is 0 Å². The summed E-state index contributed by atoms with van der Waals surface area (Å²) >= 11 is 0. The molecular weight excluding hydrogens is 200 g/mol. The highest BCUT2D eigenvalue weighted by Crippen LogP contribution is 2.67. The maximum absolute atomic E-state index is 4.97. The van der Waals surface area contributed by atoms with Crippen molar-refractivity contribution in [3.63, 3.8) is 0 Å². The van der Waals surface area contributed by atoms with E-state index >= 15 is 0 Å². The first-order valence-corrected chi connectivity index (χ1v) is 6.35. The van der Waals surface area contributed by atoms with Gasteiger partial charge in [-0.05, 0) is 23.3 Å². The summed E-state index contributed by atoms with van der Waals surface area (Å²) < 4.78 is 4.97. The molecule has 0 unspecified atom stereocenters. The smallest absolute Gasteiger partial charge is 0.0587 e. The lowest BCUT2D eigenvalue weighted by molar-refractivity contribution is 0.199. The first kappa shape index (κ1) is 13.9. The van der Waals surface area contributed by atoms with Crippen molar-refractivity contribution in [2.75, 3.05) is 39.9 Å². The van der Waals surface area contributed by atoms with Gasteiger partial charge in [0.2, 0.25) is 0 Å². The van der Waals surface area contributed by atoms with Crippen LogP contribution in [0.4, 0.5) is 0 Å². The highest BCUT2D eigenvalue weighted by Gasteiger charge is 2.63. The summed E-state index contributed by atoms with van der Waals surface area (Å²) in [5, 5.41) is 6.87. The molecule has 1 aliphatic rings. The predicted octanol–water partition coefficient (Wildman–Crippen LogP) is 1.49. The van der Waals surface area contributed by atoms with Crippen molar-refractivity contribution in [1.82, 2.24) is 10.6 Å². The van der Waals surface area contributed by atoms with E-state index in [-0.39, 0.29) is 0 Å². The molecule has 3 nitrogen and oxygen atoms in total. The Bertz CT molecular complexity index is 200. The van der Waals surface area contributed by atoms with E-state index in [1.807, 2.05) is 0 Å². The van der Waals surface area contributed by atoms with Crippen LogP contribution in [0.2, 0.25) is 0 Å². The Hall–Kier alpha value is -0.120. The lowest BCUT2D eigenvalue weighted by Gasteiger charge is -2.07. The minimum atomic E-state index is 0.503. The third-order valence-corrected chi connectivity index (χ3v) is 4.63. The molecule has 0 radical (unpaired) electrons. The van der Waals surface area contributed by atoms with Crippen LogP contribution in [-0.4, -0.2) is 39.9 Å². The van der Waals surface area contributed by atoms with E-state index in [9.17, 15) is 0 Å². The van der Waals surface area contributed by atoms with Gasteiger partial charge in [0.1, 0.15) is 0 Å². The largest absolute Gasteiger partial charge is 0.383 e. The molecule has 0 heterocycles. The van der Waals surface area contributed by atoms with Gasteiger partial charge in [0, 0.05) is 26.7 Å². The van der Waals surface area contributed by atoms with Crippen molar-refractivity contribution in [2.24, 2.45) is 16.7 Å². The Kier molecular flexibility index (Phi) is 4.77. The van der Waals surface area contributed by atoms with E-state index in [0.717, 1.165) is 38.7 Å².